The normalized spacial score (nSPS) is 15.4. The summed E-state index contributed by atoms with van der Waals surface area (Å²) in [5.41, 5.74) is 0. The van der Waals surface area contributed by atoms with E-state index >= 15 is 0 Å². The van der Waals surface area contributed by atoms with E-state index in [1.54, 1.807) is 4.90 Å². The summed E-state index contributed by atoms with van der Waals surface area (Å²) in [6, 6.07) is 9.32. The number of nitrogens with one attached hydrogen (secondary N) is 1. The first-order chi connectivity index (χ1) is 10.7. The predicted molar refractivity (Wildman–Crippen MR) is 83.6 cm³/mol. The third-order valence-corrected chi connectivity index (χ3v) is 3.57. The Morgan fingerprint density at radius 1 is 1.14 bits per heavy atom. The monoisotopic (exact) mass is 305 g/mol. The average molecular weight is 305 g/mol. The van der Waals surface area contributed by atoms with Crippen molar-refractivity contribution in [2.45, 2.75) is 6.92 Å². The molecule has 0 unspecified atom stereocenters. The second-order valence-electron chi connectivity index (χ2n) is 5.21. The molecule has 2 rings (SSSR count). The molecule has 1 fully saturated rings. The van der Waals surface area contributed by atoms with Crippen molar-refractivity contribution >= 4 is 11.8 Å². The molecule has 1 aromatic carbocycles. The molecule has 1 aliphatic rings. The first-order valence-electron chi connectivity index (χ1n) is 7.63. The van der Waals surface area contributed by atoms with Gasteiger partial charge in [0.1, 0.15) is 5.75 Å². The number of benzene rings is 1. The van der Waals surface area contributed by atoms with Crippen LogP contribution in [0.15, 0.2) is 30.3 Å². The highest BCUT2D eigenvalue weighted by molar-refractivity contribution is 5.79. The maximum atomic E-state index is 12.1. The summed E-state index contributed by atoms with van der Waals surface area (Å²) in [5.74, 6) is 0.724. The number of carbonyl (C=O) groups is 2. The Morgan fingerprint density at radius 2 is 1.82 bits per heavy atom. The van der Waals surface area contributed by atoms with Gasteiger partial charge in [0.05, 0.1) is 6.54 Å². The summed E-state index contributed by atoms with van der Waals surface area (Å²) >= 11 is 0. The summed E-state index contributed by atoms with van der Waals surface area (Å²) in [4.78, 5) is 27.5. The molecule has 1 heterocycles. The van der Waals surface area contributed by atoms with Crippen molar-refractivity contribution in [3.05, 3.63) is 30.3 Å². The summed E-state index contributed by atoms with van der Waals surface area (Å²) in [6.45, 7) is 5.71. The van der Waals surface area contributed by atoms with E-state index < -0.39 is 0 Å². The average Bonchev–Trinajstić information content (AvgIpc) is 2.54. The third kappa shape index (κ3) is 5.04. The second kappa shape index (κ2) is 8.38. The zero-order valence-corrected chi connectivity index (χ0v) is 13.0. The van der Waals surface area contributed by atoms with Crippen LogP contribution >= 0.6 is 0 Å². The van der Waals surface area contributed by atoms with E-state index in [-0.39, 0.29) is 18.4 Å². The lowest BCUT2D eigenvalue weighted by molar-refractivity contribution is -0.135. The Labute approximate surface area is 131 Å². The standard InChI is InChI=1S/C16H23N3O3/c1-2-17-15(20)12-18-8-10-19(11-9-18)16(21)13-22-14-6-4-3-5-7-14/h3-7H,2,8-13H2,1H3,(H,17,20). The fourth-order valence-electron chi connectivity index (χ4n) is 2.36. The number of likely N-dealkylation sites (N-methyl/N-ethyl adjacent to an activating group) is 1. The minimum atomic E-state index is -0.0125. The number of amides is 2. The van der Waals surface area contributed by atoms with Crippen molar-refractivity contribution in [1.82, 2.24) is 15.1 Å². The number of hydrogen-bond donors (Lipinski definition) is 1. The van der Waals surface area contributed by atoms with Crippen LogP contribution in [0.4, 0.5) is 0 Å². The fourth-order valence-corrected chi connectivity index (χ4v) is 2.36. The number of piperazine rings is 1. The number of hydrogen-bond acceptors (Lipinski definition) is 4. The third-order valence-electron chi connectivity index (χ3n) is 3.57. The van der Waals surface area contributed by atoms with Crippen LogP contribution < -0.4 is 10.1 Å². The lowest BCUT2D eigenvalue weighted by atomic mass is 10.3. The number of carbonyl (C=O) groups excluding carboxylic acids is 2. The van der Waals surface area contributed by atoms with Crippen LogP contribution in [-0.2, 0) is 9.59 Å². The number of para-hydroxylation sites is 1. The van der Waals surface area contributed by atoms with Gasteiger partial charge < -0.3 is 15.0 Å². The quantitative estimate of drug-likeness (QED) is 0.823. The van der Waals surface area contributed by atoms with Gasteiger partial charge in [-0.05, 0) is 19.1 Å². The molecule has 1 N–H and O–H groups in total. The highest BCUT2D eigenvalue weighted by atomic mass is 16.5. The number of nitrogens with zero attached hydrogens (tertiary/aromatic N) is 2. The van der Waals surface area contributed by atoms with Crippen molar-refractivity contribution in [3.8, 4) is 5.75 Å². The largest absolute Gasteiger partial charge is 0.484 e. The number of rotatable bonds is 6. The van der Waals surface area contributed by atoms with Crippen molar-refractivity contribution in [2.75, 3.05) is 45.9 Å². The Kier molecular flexibility index (Phi) is 6.21. The fraction of sp³-hybridized carbons (Fsp3) is 0.500. The van der Waals surface area contributed by atoms with Crippen LogP contribution in [0.3, 0.4) is 0 Å². The van der Waals surface area contributed by atoms with Gasteiger partial charge in [0.2, 0.25) is 5.91 Å². The van der Waals surface area contributed by atoms with Gasteiger partial charge in [0.15, 0.2) is 6.61 Å². The molecule has 1 saturated heterocycles. The minimum absolute atomic E-state index is 0.0125. The van der Waals surface area contributed by atoms with Crippen LogP contribution in [-0.4, -0.2) is 67.5 Å². The zero-order chi connectivity index (χ0) is 15.8. The highest BCUT2D eigenvalue weighted by Crippen LogP contribution is 2.09. The molecule has 0 aliphatic carbocycles. The molecule has 1 aromatic rings. The van der Waals surface area contributed by atoms with E-state index in [2.05, 4.69) is 10.2 Å². The van der Waals surface area contributed by atoms with Crippen molar-refractivity contribution in [3.63, 3.8) is 0 Å². The van der Waals surface area contributed by atoms with Crippen LogP contribution in [0.5, 0.6) is 5.75 Å². The molecule has 6 heteroatoms. The lowest BCUT2D eigenvalue weighted by Crippen LogP contribution is -2.52. The van der Waals surface area contributed by atoms with Crippen LogP contribution in [0.1, 0.15) is 6.92 Å². The topological polar surface area (TPSA) is 61.9 Å². The van der Waals surface area contributed by atoms with Crippen LogP contribution in [0.2, 0.25) is 0 Å². The molecule has 0 aromatic heterocycles. The van der Waals surface area contributed by atoms with E-state index in [0.29, 0.717) is 45.0 Å². The Bertz CT molecular complexity index is 485. The van der Waals surface area contributed by atoms with Gasteiger partial charge in [-0.2, -0.15) is 0 Å². The van der Waals surface area contributed by atoms with Crippen molar-refractivity contribution in [2.24, 2.45) is 0 Å². The molecule has 2 amide bonds. The van der Waals surface area contributed by atoms with E-state index in [9.17, 15) is 9.59 Å². The molecule has 22 heavy (non-hydrogen) atoms. The molecule has 0 atom stereocenters. The minimum Gasteiger partial charge on any atom is -0.484 e. The Hall–Kier alpha value is -2.08. The van der Waals surface area contributed by atoms with E-state index in [1.807, 2.05) is 37.3 Å². The van der Waals surface area contributed by atoms with Crippen LogP contribution in [0.25, 0.3) is 0 Å². The smallest absolute Gasteiger partial charge is 0.260 e. The van der Waals surface area contributed by atoms with Gasteiger partial charge in [-0.3, -0.25) is 14.5 Å². The molecular formula is C16H23N3O3. The second-order valence-corrected chi connectivity index (χ2v) is 5.21. The predicted octanol–water partition coefficient (Wildman–Crippen LogP) is 0.346. The molecule has 1 aliphatic heterocycles. The van der Waals surface area contributed by atoms with E-state index in [0.717, 1.165) is 0 Å². The summed E-state index contributed by atoms with van der Waals surface area (Å²) < 4.78 is 5.48. The lowest BCUT2D eigenvalue weighted by Gasteiger charge is -2.34. The zero-order valence-electron chi connectivity index (χ0n) is 13.0. The van der Waals surface area contributed by atoms with Gasteiger partial charge in [0.25, 0.3) is 5.91 Å². The van der Waals surface area contributed by atoms with Gasteiger partial charge in [-0.1, -0.05) is 18.2 Å². The van der Waals surface area contributed by atoms with E-state index in [4.69, 9.17) is 4.74 Å². The highest BCUT2D eigenvalue weighted by Gasteiger charge is 2.22. The molecule has 0 bridgehead atoms. The van der Waals surface area contributed by atoms with E-state index in [1.165, 1.54) is 0 Å². The Morgan fingerprint density at radius 3 is 2.45 bits per heavy atom. The molecule has 0 spiro atoms. The Balaban J connectivity index is 1.69. The molecule has 120 valence electrons. The SMILES string of the molecule is CCNC(=O)CN1CCN(C(=O)COc2ccccc2)CC1. The summed E-state index contributed by atoms with van der Waals surface area (Å²) in [6.07, 6.45) is 0. The van der Waals surface area contributed by atoms with Crippen LogP contribution in [0, 0.1) is 0 Å². The van der Waals surface area contributed by atoms with Gasteiger partial charge in [-0.25, -0.2) is 0 Å². The van der Waals surface area contributed by atoms with Gasteiger partial charge >= 0.3 is 0 Å². The van der Waals surface area contributed by atoms with Gasteiger partial charge in [0, 0.05) is 32.7 Å². The van der Waals surface area contributed by atoms with Crippen molar-refractivity contribution in [1.29, 1.82) is 0 Å². The summed E-state index contributed by atoms with van der Waals surface area (Å²) in [5, 5.41) is 2.78. The summed E-state index contributed by atoms with van der Waals surface area (Å²) in [7, 11) is 0. The van der Waals surface area contributed by atoms with Gasteiger partial charge in [-0.15, -0.1) is 0 Å². The number of ether oxygens (including phenoxy) is 1. The molecule has 0 radical (unpaired) electrons. The first kappa shape index (κ1) is 16.3. The molecular weight excluding hydrogens is 282 g/mol. The van der Waals surface area contributed by atoms with Crippen molar-refractivity contribution < 1.29 is 14.3 Å². The first-order valence-corrected chi connectivity index (χ1v) is 7.63. The maximum absolute atomic E-state index is 12.1. The maximum Gasteiger partial charge on any atom is 0.260 e. The molecule has 6 nitrogen and oxygen atoms in total. The molecule has 0 saturated carbocycles.